The number of rotatable bonds is 6. The average molecular weight is 371 g/mol. The van der Waals surface area contributed by atoms with Crippen molar-refractivity contribution in [3.8, 4) is 11.5 Å². The molecule has 0 fully saturated rings. The Morgan fingerprint density at radius 1 is 1.22 bits per heavy atom. The fourth-order valence-corrected chi connectivity index (χ4v) is 2.89. The van der Waals surface area contributed by atoms with Crippen molar-refractivity contribution in [2.75, 3.05) is 21.3 Å². The molecule has 0 saturated carbocycles. The molecule has 0 spiro atoms. The molecule has 3 rings (SSSR count). The molecule has 0 unspecified atom stereocenters. The highest BCUT2D eigenvalue weighted by Crippen LogP contribution is 2.33. The van der Waals surface area contributed by atoms with E-state index in [4.69, 9.17) is 14.0 Å². The van der Waals surface area contributed by atoms with Crippen LogP contribution in [0, 0.1) is 6.92 Å². The second-order valence-electron chi connectivity index (χ2n) is 6.20. The molecule has 27 heavy (non-hydrogen) atoms. The van der Waals surface area contributed by atoms with Gasteiger partial charge in [-0.25, -0.2) is 0 Å². The summed E-state index contributed by atoms with van der Waals surface area (Å²) in [6.45, 7) is 2.02. The van der Waals surface area contributed by atoms with Crippen LogP contribution in [0.4, 0.5) is 0 Å². The van der Waals surface area contributed by atoms with Crippen LogP contribution in [-0.2, 0) is 17.9 Å². The van der Waals surface area contributed by atoms with Gasteiger partial charge in [-0.3, -0.25) is 9.59 Å². The lowest BCUT2D eigenvalue weighted by Crippen LogP contribution is -2.33. The first-order valence-electron chi connectivity index (χ1n) is 8.35. The highest BCUT2D eigenvalue weighted by atomic mass is 16.5. The van der Waals surface area contributed by atoms with E-state index in [1.165, 1.54) is 23.7 Å². The van der Waals surface area contributed by atoms with Crippen LogP contribution in [0.5, 0.6) is 11.5 Å². The van der Waals surface area contributed by atoms with E-state index in [0.29, 0.717) is 28.0 Å². The van der Waals surface area contributed by atoms with Gasteiger partial charge in [0.25, 0.3) is 5.56 Å². The number of methoxy groups -OCH3 is 2. The maximum Gasteiger partial charge on any atom is 0.259 e. The number of carbonyl (C=O) groups excluding carboxylic acids is 1. The normalized spacial score (nSPS) is 10.8. The molecule has 2 aromatic heterocycles. The third kappa shape index (κ3) is 3.64. The minimum atomic E-state index is -0.272. The first-order valence-corrected chi connectivity index (χ1v) is 8.35. The molecule has 2 heterocycles. The minimum absolute atomic E-state index is 0.0766. The Labute approximate surface area is 155 Å². The lowest BCUT2D eigenvalue weighted by molar-refractivity contribution is -0.131. The van der Waals surface area contributed by atoms with Crippen molar-refractivity contribution in [1.82, 2.24) is 14.6 Å². The van der Waals surface area contributed by atoms with Gasteiger partial charge in [-0.05, 0) is 25.1 Å². The predicted octanol–water partition coefficient (Wildman–Crippen LogP) is 1.97. The fraction of sp³-hybridized carbons (Fsp3) is 0.316. The molecule has 0 bridgehead atoms. The maximum atomic E-state index is 12.8. The van der Waals surface area contributed by atoms with Crippen molar-refractivity contribution in [2.45, 2.75) is 20.0 Å². The quantitative estimate of drug-likeness (QED) is 0.658. The summed E-state index contributed by atoms with van der Waals surface area (Å²) in [5.74, 6) is 1.40. The minimum Gasteiger partial charge on any atom is -0.493 e. The number of hydrogen-bond donors (Lipinski definition) is 0. The van der Waals surface area contributed by atoms with Crippen molar-refractivity contribution < 1.29 is 18.8 Å². The molecule has 0 saturated heterocycles. The Hall–Kier alpha value is -3.29. The van der Waals surface area contributed by atoms with Crippen molar-refractivity contribution in [3.05, 3.63) is 52.3 Å². The SMILES string of the molecule is COc1ccc2c(=O)n(CC(=O)N(C)Cc3cc(C)no3)ccc2c1OC. The number of ether oxygens (including phenoxy) is 2. The van der Waals surface area contributed by atoms with E-state index in [9.17, 15) is 9.59 Å². The van der Waals surface area contributed by atoms with Gasteiger partial charge in [-0.2, -0.15) is 0 Å². The van der Waals surface area contributed by atoms with Crippen molar-refractivity contribution in [1.29, 1.82) is 0 Å². The maximum absolute atomic E-state index is 12.8. The number of benzene rings is 1. The average Bonchev–Trinajstić information content (AvgIpc) is 3.07. The zero-order valence-electron chi connectivity index (χ0n) is 15.7. The van der Waals surface area contributed by atoms with E-state index in [1.807, 2.05) is 6.92 Å². The molecular formula is C19H21N3O5. The Morgan fingerprint density at radius 3 is 2.63 bits per heavy atom. The zero-order chi connectivity index (χ0) is 19.6. The van der Waals surface area contributed by atoms with Crippen LogP contribution in [0.3, 0.4) is 0 Å². The Bertz CT molecular complexity index is 1040. The number of amides is 1. The molecule has 0 atom stereocenters. The second-order valence-corrected chi connectivity index (χ2v) is 6.20. The van der Waals surface area contributed by atoms with E-state index < -0.39 is 0 Å². The van der Waals surface area contributed by atoms with Crippen LogP contribution < -0.4 is 15.0 Å². The molecule has 142 valence electrons. The van der Waals surface area contributed by atoms with Gasteiger partial charge in [0.1, 0.15) is 6.54 Å². The van der Waals surface area contributed by atoms with Crippen LogP contribution in [0.1, 0.15) is 11.5 Å². The van der Waals surface area contributed by atoms with Crippen molar-refractivity contribution in [3.63, 3.8) is 0 Å². The summed E-state index contributed by atoms with van der Waals surface area (Å²) in [5, 5.41) is 4.89. The van der Waals surface area contributed by atoms with E-state index in [2.05, 4.69) is 5.16 Å². The van der Waals surface area contributed by atoms with Crippen molar-refractivity contribution >= 4 is 16.7 Å². The number of carbonyl (C=O) groups is 1. The Kier molecular flexibility index (Phi) is 5.16. The number of nitrogens with zero attached hydrogens (tertiary/aromatic N) is 3. The van der Waals surface area contributed by atoms with Gasteiger partial charge >= 0.3 is 0 Å². The number of hydrogen-bond acceptors (Lipinski definition) is 6. The molecule has 1 aromatic carbocycles. The summed E-state index contributed by atoms with van der Waals surface area (Å²) in [6.07, 6.45) is 1.58. The summed E-state index contributed by atoms with van der Waals surface area (Å²) in [7, 11) is 4.71. The molecule has 0 radical (unpaired) electrons. The summed E-state index contributed by atoms with van der Waals surface area (Å²) in [5.41, 5.74) is 0.478. The van der Waals surface area contributed by atoms with Crippen molar-refractivity contribution in [2.24, 2.45) is 0 Å². The molecule has 8 heteroatoms. The molecule has 0 aliphatic carbocycles. The molecule has 0 N–H and O–H groups in total. The third-order valence-corrected chi connectivity index (χ3v) is 4.30. The zero-order valence-corrected chi connectivity index (χ0v) is 15.7. The fourth-order valence-electron chi connectivity index (χ4n) is 2.89. The lowest BCUT2D eigenvalue weighted by Gasteiger charge is -2.17. The molecule has 1 amide bonds. The first-order chi connectivity index (χ1) is 12.9. The number of aryl methyl sites for hydroxylation is 1. The predicted molar refractivity (Wildman–Crippen MR) is 99.0 cm³/mol. The van der Waals surface area contributed by atoms with Gasteiger partial charge in [-0.15, -0.1) is 0 Å². The highest BCUT2D eigenvalue weighted by molar-refractivity contribution is 5.90. The molecule has 0 aliphatic heterocycles. The van der Waals surface area contributed by atoms with Crippen LogP contribution in [-0.4, -0.2) is 41.8 Å². The standard InChI is InChI=1S/C19H21N3O5/c1-12-9-13(27-20-12)10-21(2)17(23)11-22-8-7-14-15(19(22)24)5-6-16(25-3)18(14)26-4/h5-9H,10-11H2,1-4H3. The van der Waals surface area contributed by atoms with Gasteiger partial charge in [-0.1, -0.05) is 5.16 Å². The summed E-state index contributed by atoms with van der Waals surface area (Å²) < 4.78 is 17.1. The van der Waals surface area contributed by atoms with Crippen LogP contribution in [0.25, 0.3) is 10.8 Å². The van der Waals surface area contributed by atoms with Gasteiger partial charge < -0.3 is 23.5 Å². The molecule has 3 aromatic rings. The van der Waals surface area contributed by atoms with E-state index in [-0.39, 0.29) is 24.6 Å². The van der Waals surface area contributed by atoms with Gasteiger partial charge in [0, 0.05) is 24.7 Å². The van der Waals surface area contributed by atoms with Crippen LogP contribution >= 0.6 is 0 Å². The van der Waals surface area contributed by atoms with E-state index >= 15 is 0 Å². The van der Waals surface area contributed by atoms with Gasteiger partial charge in [0.05, 0.1) is 31.8 Å². The summed E-state index contributed by atoms with van der Waals surface area (Å²) in [6, 6.07) is 6.85. The highest BCUT2D eigenvalue weighted by Gasteiger charge is 2.16. The smallest absolute Gasteiger partial charge is 0.259 e. The van der Waals surface area contributed by atoms with E-state index in [1.54, 1.807) is 37.5 Å². The molecular weight excluding hydrogens is 350 g/mol. The molecule has 8 nitrogen and oxygen atoms in total. The van der Waals surface area contributed by atoms with E-state index in [0.717, 1.165) is 5.69 Å². The van der Waals surface area contributed by atoms with Crippen LogP contribution in [0.2, 0.25) is 0 Å². The number of aromatic nitrogens is 2. The third-order valence-electron chi connectivity index (χ3n) is 4.30. The monoisotopic (exact) mass is 371 g/mol. The lowest BCUT2D eigenvalue weighted by atomic mass is 10.1. The molecule has 0 aliphatic rings. The number of likely N-dealkylation sites (N-methyl/N-ethyl adjacent to an activating group) is 1. The first kappa shape index (κ1) is 18.5. The Balaban J connectivity index is 1.85. The topological polar surface area (TPSA) is 86.8 Å². The number of fused-ring (bicyclic) bond motifs is 1. The second kappa shape index (κ2) is 7.53. The number of pyridine rings is 1. The largest absolute Gasteiger partial charge is 0.493 e. The van der Waals surface area contributed by atoms with Gasteiger partial charge in [0.2, 0.25) is 5.91 Å². The Morgan fingerprint density at radius 2 is 2.00 bits per heavy atom. The summed E-state index contributed by atoms with van der Waals surface area (Å²) >= 11 is 0. The summed E-state index contributed by atoms with van der Waals surface area (Å²) in [4.78, 5) is 26.8. The van der Waals surface area contributed by atoms with Gasteiger partial charge in [0.15, 0.2) is 17.3 Å². The van der Waals surface area contributed by atoms with Crippen LogP contribution in [0.15, 0.2) is 39.8 Å².